The summed E-state index contributed by atoms with van der Waals surface area (Å²) in [5.41, 5.74) is 2.49. The van der Waals surface area contributed by atoms with E-state index < -0.39 is 0 Å². The normalized spacial score (nSPS) is 10.2. The van der Waals surface area contributed by atoms with Crippen LogP contribution in [0.1, 0.15) is 49.3 Å². The van der Waals surface area contributed by atoms with Crippen molar-refractivity contribution in [2.75, 3.05) is 7.11 Å². The van der Waals surface area contributed by atoms with Crippen molar-refractivity contribution >= 4 is 11.4 Å². The first-order valence-electron chi connectivity index (χ1n) is 9.23. The number of pyridine rings is 1. The molecule has 0 unspecified atom stereocenters. The molecule has 0 saturated carbocycles. The maximum absolute atomic E-state index is 12.7. The minimum absolute atomic E-state index is 0. The Morgan fingerprint density at radius 2 is 1.76 bits per heavy atom. The topological polar surface area (TPSA) is 111 Å². The van der Waals surface area contributed by atoms with Crippen LogP contribution in [0, 0.1) is 25.2 Å². The maximum Gasteiger partial charge on any atom is 0.271 e. The number of nitrogens with zero attached hydrogens (tertiary/aromatic N) is 4. The monoisotopic (exact) mass is 447 g/mol. The van der Waals surface area contributed by atoms with E-state index in [-0.39, 0.29) is 33.7 Å². The Balaban J connectivity index is 0.00000392. The molecule has 0 aliphatic heterocycles. The molecule has 1 aromatic heterocycles. The average molecular weight is 448 g/mol. The second-order valence-electron chi connectivity index (χ2n) is 6.52. The summed E-state index contributed by atoms with van der Waals surface area (Å²) in [5, 5.41) is 18.0. The summed E-state index contributed by atoms with van der Waals surface area (Å²) in [7, 11) is 1.51. The van der Waals surface area contributed by atoms with Gasteiger partial charge in [-0.25, -0.2) is 0 Å². The molecule has 1 heterocycles. The smallest absolute Gasteiger partial charge is 0.271 e. The van der Waals surface area contributed by atoms with Crippen molar-refractivity contribution in [2.45, 2.75) is 53.0 Å². The molecule has 29 heavy (non-hydrogen) atoms. The second kappa shape index (κ2) is 12.9. The van der Waals surface area contributed by atoms with Crippen LogP contribution in [0.2, 0.25) is 0 Å². The van der Waals surface area contributed by atoms with Gasteiger partial charge in [0.1, 0.15) is 11.6 Å². The van der Waals surface area contributed by atoms with Crippen LogP contribution >= 0.6 is 0 Å². The van der Waals surface area contributed by atoms with Gasteiger partial charge in [-0.05, 0) is 32.4 Å². The van der Waals surface area contributed by atoms with Crippen LogP contribution in [0.3, 0.4) is 0 Å². The third kappa shape index (κ3) is 6.53. The summed E-state index contributed by atoms with van der Waals surface area (Å²) >= 11 is 0. The minimum Gasteiger partial charge on any atom is -0.481 e. The first-order chi connectivity index (χ1) is 13.0. The van der Waals surface area contributed by atoms with Gasteiger partial charge in [0.15, 0.2) is 5.69 Å². The van der Waals surface area contributed by atoms with Crippen molar-refractivity contribution in [3.63, 3.8) is 0 Å². The molecule has 0 saturated heterocycles. The molecule has 2 rings (SSSR count). The molecule has 0 spiro atoms. The zero-order valence-corrected chi connectivity index (χ0v) is 18.2. The molecule has 2 N–H and O–H groups in total. The Morgan fingerprint density at radius 3 is 2.31 bits per heavy atom. The molecular formula is C21H28CuN4O3. The molecule has 1 radical (unpaired) electrons. The number of hydrogen-bond donors (Lipinski definition) is 0. The number of rotatable bonds is 8. The van der Waals surface area contributed by atoms with Gasteiger partial charge in [0.25, 0.3) is 5.56 Å². The van der Waals surface area contributed by atoms with Crippen LogP contribution < -0.4 is 10.3 Å². The van der Waals surface area contributed by atoms with E-state index in [2.05, 4.69) is 17.2 Å². The van der Waals surface area contributed by atoms with Gasteiger partial charge in [-0.3, -0.25) is 9.36 Å². The number of unbranched alkanes of at least 4 members (excludes halogenated alkanes) is 3. The number of hydrogen-bond acceptors (Lipinski definition) is 5. The van der Waals surface area contributed by atoms with Crippen LogP contribution in [0.5, 0.6) is 5.88 Å². The van der Waals surface area contributed by atoms with Gasteiger partial charge < -0.3 is 10.2 Å². The Morgan fingerprint density at radius 1 is 1.10 bits per heavy atom. The third-order valence-corrected chi connectivity index (χ3v) is 4.48. The van der Waals surface area contributed by atoms with Crippen LogP contribution in [-0.4, -0.2) is 17.2 Å². The molecule has 1 aromatic carbocycles. The molecule has 161 valence electrons. The standard InChI is InChI=1S/C21H26N4O2.Cu.H2O/c1-5-6-7-8-13-25-20(26)18(14-22)16(3)19(21(25)27-4)24-23-17-11-9-15(2)10-12-17;;/h9-12H,5-8,13H2,1-4H3;;1H2. The molecule has 8 heteroatoms. The molecule has 2 aromatic rings. The quantitative estimate of drug-likeness (QED) is 0.337. The third-order valence-electron chi connectivity index (χ3n) is 4.48. The zero-order chi connectivity index (χ0) is 19.8. The van der Waals surface area contributed by atoms with Crippen molar-refractivity contribution in [3.8, 4) is 11.9 Å². The molecule has 0 bridgehead atoms. The van der Waals surface area contributed by atoms with Crippen molar-refractivity contribution in [1.82, 2.24) is 4.57 Å². The molecule has 7 nitrogen and oxygen atoms in total. The van der Waals surface area contributed by atoms with Crippen molar-refractivity contribution in [2.24, 2.45) is 10.2 Å². The van der Waals surface area contributed by atoms with Crippen LogP contribution in [0.15, 0.2) is 39.3 Å². The zero-order valence-electron chi connectivity index (χ0n) is 17.3. The van der Waals surface area contributed by atoms with Gasteiger partial charge in [0, 0.05) is 29.2 Å². The van der Waals surface area contributed by atoms with Gasteiger partial charge in [-0.15, -0.1) is 5.11 Å². The van der Waals surface area contributed by atoms with E-state index in [9.17, 15) is 10.1 Å². The fourth-order valence-electron chi connectivity index (χ4n) is 2.87. The van der Waals surface area contributed by atoms with E-state index in [1.54, 1.807) is 6.92 Å². The van der Waals surface area contributed by atoms with E-state index in [0.29, 0.717) is 29.4 Å². The van der Waals surface area contributed by atoms with Gasteiger partial charge >= 0.3 is 0 Å². The molecule has 0 atom stereocenters. The minimum atomic E-state index is -0.336. The second-order valence-corrected chi connectivity index (χ2v) is 6.52. The van der Waals surface area contributed by atoms with E-state index >= 15 is 0 Å². The van der Waals surface area contributed by atoms with Crippen LogP contribution in [0.25, 0.3) is 0 Å². The summed E-state index contributed by atoms with van der Waals surface area (Å²) in [6.45, 7) is 6.33. The predicted molar refractivity (Wildman–Crippen MR) is 110 cm³/mol. The van der Waals surface area contributed by atoms with Gasteiger partial charge in [-0.2, -0.15) is 10.4 Å². The number of methoxy groups -OCH3 is 1. The molecule has 0 aliphatic rings. The summed E-state index contributed by atoms with van der Waals surface area (Å²) in [6.07, 6.45) is 4.07. The van der Waals surface area contributed by atoms with E-state index in [1.807, 2.05) is 37.3 Å². The van der Waals surface area contributed by atoms with E-state index in [1.165, 1.54) is 11.7 Å². The Hall–Kier alpha value is -2.46. The maximum atomic E-state index is 12.7. The summed E-state index contributed by atoms with van der Waals surface area (Å²) < 4.78 is 7.01. The number of aryl methyl sites for hydroxylation is 1. The van der Waals surface area contributed by atoms with E-state index in [4.69, 9.17) is 4.74 Å². The molecule has 0 amide bonds. The fraction of sp³-hybridized carbons (Fsp3) is 0.429. The number of nitriles is 1. The molecular weight excluding hydrogens is 420 g/mol. The van der Waals surface area contributed by atoms with Crippen molar-refractivity contribution in [1.29, 1.82) is 5.26 Å². The van der Waals surface area contributed by atoms with Gasteiger partial charge in [-0.1, -0.05) is 43.9 Å². The number of ether oxygens (including phenoxy) is 1. The Bertz CT molecular complexity index is 915. The van der Waals surface area contributed by atoms with Crippen LogP contribution in [-0.2, 0) is 23.6 Å². The summed E-state index contributed by atoms with van der Waals surface area (Å²) in [5.74, 6) is 0.351. The van der Waals surface area contributed by atoms with Crippen LogP contribution in [0.4, 0.5) is 11.4 Å². The Labute approximate surface area is 182 Å². The first kappa shape index (κ1) is 26.5. The summed E-state index contributed by atoms with van der Waals surface area (Å²) in [6, 6.07) is 9.65. The first-order valence-corrected chi connectivity index (χ1v) is 9.23. The SMILES string of the molecule is CCCCCCn1c(OC)c(N=Nc2ccc(C)cc2)c(C)c(C#N)c1=O.O.[Cu]. The Kier molecular flexibility index (Phi) is 11.8. The number of azo groups is 1. The predicted octanol–water partition coefficient (Wildman–Crippen LogP) is 4.51. The fourth-order valence-corrected chi connectivity index (χ4v) is 2.87. The van der Waals surface area contributed by atoms with E-state index in [0.717, 1.165) is 31.2 Å². The average Bonchev–Trinajstić information content (AvgIpc) is 2.67. The molecule has 0 aliphatic carbocycles. The van der Waals surface area contributed by atoms with Gasteiger partial charge in [0.05, 0.1) is 12.8 Å². The van der Waals surface area contributed by atoms with Crippen molar-refractivity contribution in [3.05, 3.63) is 51.3 Å². The number of aromatic nitrogens is 1. The van der Waals surface area contributed by atoms with Crippen molar-refractivity contribution < 1.29 is 27.3 Å². The largest absolute Gasteiger partial charge is 0.481 e. The molecule has 0 fully saturated rings. The number of benzene rings is 1. The summed E-state index contributed by atoms with van der Waals surface area (Å²) in [4.78, 5) is 12.7. The van der Waals surface area contributed by atoms with Gasteiger partial charge in [0.2, 0.25) is 5.88 Å².